The van der Waals surface area contributed by atoms with Crippen LogP contribution in [-0.2, 0) is 20.8 Å². The van der Waals surface area contributed by atoms with E-state index < -0.39 is 17.5 Å². The van der Waals surface area contributed by atoms with Crippen LogP contribution in [0.2, 0.25) is 0 Å². The highest BCUT2D eigenvalue weighted by atomic mass is 19.1. The van der Waals surface area contributed by atoms with Gasteiger partial charge in [-0.3, -0.25) is 14.4 Å². The molecule has 0 saturated carbocycles. The summed E-state index contributed by atoms with van der Waals surface area (Å²) in [5.41, 5.74) is 1.67. The summed E-state index contributed by atoms with van der Waals surface area (Å²) in [6, 6.07) is 15.4. The SMILES string of the molecule is O=C(Cc1ccc(F)cc1)C(=O)NCC(=O)N1CCN(c2ccccc2)CC1. The monoisotopic (exact) mass is 383 g/mol. The summed E-state index contributed by atoms with van der Waals surface area (Å²) in [5.74, 6) is -2.08. The van der Waals surface area contributed by atoms with Gasteiger partial charge in [0.1, 0.15) is 5.82 Å². The number of hydrogen-bond donors (Lipinski definition) is 1. The molecule has 1 saturated heterocycles. The van der Waals surface area contributed by atoms with Gasteiger partial charge in [-0.2, -0.15) is 0 Å². The summed E-state index contributed by atoms with van der Waals surface area (Å²) in [4.78, 5) is 40.1. The molecule has 0 atom stereocenters. The number of amides is 2. The number of carbonyl (C=O) groups is 3. The van der Waals surface area contributed by atoms with Crippen molar-refractivity contribution in [3.05, 3.63) is 66.0 Å². The fourth-order valence-electron chi connectivity index (χ4n) is 3.09. The zero-order valence-electron chi connectivity index (χ0n) is 15.4. The Hall–Kier alpha value is -3.22. The molecule has 1 aliphatic heterocycles. The number of nitrogens with zero attached hydrogens (tertiary/aromatic N) is 2. The first-order valence-corrected chi connectivity index (χ1v) is 9.16. The number of para-hydroxylation sites is 1. The number of hydrogen-bond acceptors (Lipinski definition) is 4. The quantitative estimate of drug-likeness (QED) is 0.766. The topological polar surface area (TPSA) is 69.7 Å². The molecule has 2 aromatic rings. The van der Waals surface area contributed by atoms with Gasteiger partial charge in [-0.05, 0) is 29.8 Å². The van der Waals surface area contributed by atoms with Crippen LogP contribution >= 0.6 is 0 Å². The van der Waals surface area contributed by atoms with E-state index in [1.54, 1.807) is 4.90 Å². The first-order chi connectivity index (χ1) is 13.5. The van der Waals surface area contributed by atoms with Crippen LogP contribution in [0.3, 0.4) is 0 Å². The van der Waals surface area contributed by atoms with Crippen molar-refractivity contribution in [2.45, 2.75) is 6.42 Å². The Morgan fingerprint density at radius 3 is 2.18 bits per heavy atom. The minimum absolute atomic E-state index is 0.129. The van der Waals surface area contributed by atoms with Gasteiger partial charge >= 0.3 is 0 Å². The van der Waals surface area contributed by atoms with Gasteiger partial charge in [0.2, 0.25) is 11.7 Å². The first-order valence-electron chi connectivity index (χ1n) is 9.16. The van der Waals surface area contributed by atoms with Crippen molar-refractivity contribution in [3.63, 3.8) is 0 Å². The second-order valence-corrected chi connectivity index (χ2v) is 6.61. The van der Waals surface area contributed by atoms with Crippen LogP contribution in [0.4, 0.5) is 10.1 Å². The van der Waals surface area contributed by atoms with Crippen molar-refractivity contribution < 1.29 is 18.8 Å². The van der Waals surface area contributed by atoms with Gasteiger partial charge in [0.15, 0.2) is 0 Å². The summed E-state index contributed by atoms with van der Waals surface area (Å²) in [6.07, 6.45) is -0.129. The smallest absolute Gasteiger partial charge is 0.288 e. The third-order valence-electron chi connectivity index (χ3n) is 4.69. The molecule has 1 aliphatic rings. The zero-order chi connectivity index (χ0) is 19.9. The molecule has 0 aliphatic carbocycles. The van der Waals surface area contributed by atoms with Gasteiger partial charge in [0.25, 0.3) is 5.91 Å². The Balaban J connectivity index is 1.42. The highest BCUT2D eigenvalue weighted by molar-refractivity contribution is 6.36. The van der Waals surface area contributed by atoms with Gasteiger partial charge < -0.3 is 15.1 Å². The summed E-state index contributed by atoms with van der Waals surface area (Å²) >= 11 is 0. The number of anilines is 1. The minimum atomic E-state index is -0.805. The number of benzene rings is 2. The van der Waals surface area contributed by atoms with Crippen LogP contribution in [0.25, 0.3) is 0 Å². The maximum atomic E-state index is 12.9. The molecule has 0 bridgehead atoms. The average Bonchev–Trinajstić information content (AvgIpc) is 2.74. The fraction of sp³-hybridized carbons (Fsp3) is 0.286. The van der Waals surface area contributed by atoms with Gasteiger partial charge in [-0.25, -0.2) is 4.39 Å². The van der Waals surface area contributed by atoms with E-state index in [0.29, 0.717) is 31.7 Å². The van der Waals surface area contributed by atoms with E-state index in [1.165, 1.54) is 24.3 Å². The second-order valence-electron chi connectivity index (χ2n) is 6.61. The molecule has 2 aromatic carbocycles. The lowest BCUT2D eigenvalue weighted by molar-refractivity contribution is -0.139. The molecule has 6 nitrogen and oxygen atoms in total. The van der Waals surface area contributed by atoms with Crippen LogP contribution in [0.15, 0.2) is 54.6 Å². The van der Waals surface area contributed by atoms with E-state index in [9.17, 15) is 18.8 Å². The predicted octanol–water partition coefficient (Wildman–Crippen LogP) is 1.40. The number of piperazine rings is 1. The zero-order valence-corrected chi connectivity index (χ0v) is 15.4. The molecule has 3 rings (SSSR count). The molecule has 0 aromatic heterocycles. The summed E-state index contributed by atoms with van der Waals surface area (Å²) < 4.78 is 12.9. The highest BCUT2D eigenvalue weighted by Gasteiger charge is 2.22. The lowest BCUT2D eigenvalue weighted by Crippen LogP contribution is -2.51. The minimum Gasteiger partial charge on any atom is -0.368 e. The van der Waals surface area contributed by atoms with Crippen molar-refractivity contribution >= 4 is 23.3 Å². The van der Waals surface area contributed by atoms with Crippen LogP contribution < -0.4 is 10.2 Å². The molecule has 1 fully saturated rings. The Labute approximate surface area is 162 Å². The second kappa shape index (κ2) is 9.12. The number of carbonyl (C=O) groups excluding carboxylic acids is 3. The van der Waals surface area contributed by atoms with Crippen molar-refractivity contribution in [1.29, 1.82) is 0 Å². The van der Waals surface area contributed by atoms with Crippen molar-refractivity contribution in [2.24, 2.45) is 0 Å². The average molecular weight is 383 g/mol. The van der Waals surface area contributed by atoms with Crippen molar-refractivity contribution in [3.8, 4) is 0 Å². The number of Topliss-reactive ketones (excluding diaryl/α,β-unsaturated/α-hetero) is 1. The largest absolute Gasteiger partial charge is 0.368 e. The number of halogens is 1. The lowest BCUT2D eigenvalue weighted by atomic mass is 10.1. The Bertz CT molecular complexity index is 832. The molecule has 0 spiro atoms. The Morgan fingerprint density at radius 2 is 1.54 bits per heavy atom. The highest BCUT2D eigenvalue weighted by Crippen LogP contribution is 2.15. The third-order valence-corrected chi connectivity index (χ3v) is 4.69. The summed E-state index contributed by atoms with van der Waals surface area (Å²) in [6.45, 7) is 2.35. The molecule has 7 heteroatoms. The van der Waals surface area contributed by atoms with Gasteiger partial charge in [-0.15, -0.1) is 0 Å². The van der Waals surface area contributed by atoms with E-state index >= 15 is 0 Å². The predicted molar refractivity (Wildman–Crippen MR) is 103 cm³/mol. The molecule has 2 amide bonds. The van der Waals surface area contributed by atoms with Gasteiger partial charge in [-0.1, -0.05) is 30.3 Å². The molecular formula is C21H22FN3O3. The van der Waals surface area contributed by atoms with Crippen LogP contribution in [0.1, 0.15) is 5.56 Å². The third kappa shape index (κ3) is 5.16. The molecular weight excluding hydrogens is 361 g/mol. The standard InChI is InChI=1S/C21H22FN3O3/c22-17-8-6-16(7-9-17)14-19(26)21(28)23-15-20(27)25-12-10-24(11-13-25)18-4-2-1-3-5-18/h1-9H,10-15H2,(H,23,28). The molecule has 28 heavy (non-hydrogen) atoms. The maximum Gasteiger partial charge on any atom is 0.288 e. The van der Waals surface area contributed by atoms with Crippen LogP contribution in [0.5, 0.6) is 0 Å². The van der Waals surface area contributed by atoms with E-state index in [4.69, 9.17) is 0 Å². The van der Waals surface area contributed by atoms with Gasteiger partial charge in [0, 0.05) is 38.3 Å². The summed E-state index contributed by atoms with van der Waals surface area (Å²) in [5, 5.41) is 2.39. The summed E-state index contributed by atoms with van der Waals surface area (Å²) in [7, 11) is 0. The van der Waals surface area contributed by atoms with E-state index in [2.05, 4.69) is 10.2 Å². The molecule has 1 N–H and O–H groups in total. The molecule has 0 unspecified atom stereocenters. The van der Waals surface area contributed by atoms with E-state index in [-0.39, 0.29) is 18.9 Å². The number of rotatable bonds is 6. The Morgan fingerprint density at radius 1 is 0.893 bits per heavy atom. The molecule has 146 valence electrons. The normalized spacial score (nSPS) is 13.9. The number of ketones is 1. The van der Waals surface area contributed by atoms with Crippen LogP contribution in [-0.4, -0.2) is 55.2 Å². The van der Waals surface area contributed by atoms with Crippen molar-refractivity contribution in [2.75, 3.05) is 37.6 Å². The Kier molecular flexibility index (Phi) is 6.37. The van der Waals surface area contributed by atoms with Crippen LogP contribution in [0, 0.1) is 5.82 Å². The maximum absolute atomic E-state index is 12.9. The first kappa shape index (κ1) is 19.5. The molecule has 1 heterocycles. The van der Waals surface area contributed by atoms with E-state index in [0.717, 1.165) is 5.69 Å². The molecule has 0 radical (unpaired) electrons. The van der Waals surface area contributed by atoms with E-state index in [1.807, 2.05) is 30.3 Å². The fourth-order valence-corrected chi connectivity index (χ4v) is 3.09. The van der Waals surface area contributed by atoms with Gasteiger partial charge in [0.05, 0.1) is 6.54 Å². The number of nitrogens with one attached hydrogen (secondary N) is 1. The van der Waals surface area contributed by atoms with Crippen molar-refractivity contribution in [1.82, 2.24) is 10.2 Å². The lowest BCUT2D eigenvalue weighted by Gasteiger charge is -2.36.